The topological polar surface area (TPSA) is 18.5 Å². The largest absolute Gasteiger partial charge is 0.313 e. The molecule has 1 heterocycles. The first kappa shape index (κ1) is 17.2. The van der Waals surface area contributed by atoms with E-state index in [4.69, 9.17) is 0 Å². The summed E-state index contributed by atoms with van der Waals surface area (Å²) in [6.45, 7) is 11.8. The summed E-state index contributed by atoms with van der Waals surface area (Å²) in [5.74, 6) is 0.947. The fourth-order valence-corrected chi connectivity index (χ4v) is 4.47. The lowest BCUT2D eigenvalue weighted by Gasteiger charge is -2.46. The monoisotopic (exact) mass is 295 g/mol. The maximum Gasteiger partial charge on any atom is 0.0251 e. The molecular formula is C18H37N3. The van der Waals surface area contributed by atoms with Crippen molar-refractivity contribution in [1.29, 1.82) is 0 Å². The van der Waals surface area contributed by atoms with Gasteiger partial charge in [0.1, 0.15) is 0 Å². The van der Waals surface area contributed by atoms with E-state index in [-0.39, 0.29) is 0 Å². The van der Waals surface area contributed by atoms with Gasteiger partial charge in [-0.1, -0.05) is 27.2 Å². The Balaban J connectivity index is 1.94. The zero-order chi connectivity index (χ0) is 15.2. The number of hydrogen-bond donors (Lipinski definition) is 1. The van der Waals surface area contributed by atoms with Crippen molar-refractivity contribution in [1.82, 2.24) is 15.1 Å². The van der Waals surface area contributed by atoms with Gasteiger partial charge in [-0.25, -0.2) is 0 Å². The molecule has 0 aromatic rings. The summed E-state index contributed by atoms with van der Waals surface area (Å²) in [6, 6.07) is 2.27. The second-order valence-corrected chi connectivity index (χ2v) is 7.15. The van der Waals surface area contributed by atoms with E-state index in [1.54, 1.807) is 0 Å². The van der Waals surface area contributed by atoms with Gasteiger partial charge in [0.05, 0.1) is 0 Å². The third-order valence-corrected chi connectivity index (χ3v) is 6.07. The maximum absolute atomic E-state index is 3.77. The summed E-state index contributed by atoms with van der Waals surface area (Å²) in [4.78, 5) is 5.35. The molecule has 124 valence electrons. The molecule has 3 heteroatoms. The fraction of sp³-hybridized carbons (Fsp3) is 1.00. The van der Waals surface area contributed by atoms with Crippen LogP contribution in [0.2, 0.25) is 0 Å². The van der Waals surface area contributed by atoms with Crippen molar-refractivity contribution in [2.45, 2.75) is 77.4 Å². The SMILES string of the molecule is CCNC1CCC(CC)CC1N(C)C1CCN(CC)CC1. The Hall–Kier alpha value is -0.120. The Morgan fingerprint density at radius 1 is 1.05 bits per heavy atom. The zero-order valence-electron chi connectivity index (χ0n) is 14.8. The van der Waals surface area contributed by atoms with Crippen LogP contribution in [0, 0.1) is 5.92 Å². The lowest BCUT2D eigenvalue weighted by Crippen LogP contribution is -2.56. The molecule has 1 saturated heterocycles. The Labute approximate surface area is 132 Å². The molecule has 2 rings (SSSR count). The minimum atomic E-state index is 0.715. The third kappa shape index (κ3) is 4.43. The lowest BCUT2D eigenvalue weighted by molar-refractivity contribution is 0.0505. The average Bonchev–Trinajstić information content (AvgIpc) is 2.55. The molecule has 1 N–H and O–H groups in total. The number of piperidine rings is 1. The predicted octanol–water partition coefficient (Wildman–Crippen LogP) is 2.96. The van der Waals surface area contributed by atoms with Gasteiger partial charge >= 0.3 is 0 Å². The molecule has 1 aliphatic carbocycles. The van der Waals surface area contributed by atoms with Crippen LogP contribution in [0.25, 0.3) is 0 Å². The van der Waals surface area contributed by atoms with Gasteiger partial charge in [0.2, 0.25) is 0 Å². The van der Waals surface area contributed by atoms with Crippen molar-refractivity contribution in [2.75, 3.05) is 33.2 Å². The van der Waals surface area contributed by atoms with Crippen LogP contribution in [0.1, 0.15) is 59.3 Å². The van der Waals surface area contributed by atoms with E-state index in [1.807, 2.05) is 0 Å². The van der Waals surface area contributed by atoms with Gasteiger partial charge in [-0.2, -0.15) is 0 Å². The van der Waals surface area contributed by atoms with Crippen LogP contribution in [0.3, 0.4) is 0 Å². The van der Waals surface area contributed by atoms with Crippen LogP contribution in [-0.4, -0.2) is 61.2 Å². The van der Waals surface area contributed by atoms with Crippen molar-refractivity contribution < 1.29 is 0 Å². The van der Waals surface area contributed by atoms with E-state index >= 15 is 0 Å². The summed E-state index contributed by atoms with van der Waals surface area (Å²) in [5.41, 5.74) is 0. The first-order valence-corrected chi connectivity index (χ1v) is 9.37. The molecule has 3 nitrogen and oxygen atoms in total. The molecule has 0 aromatic heterocycles. The Morgan fingerprint density at radius 3 is 2.33 bits per heavy atom. The van der Waals surface area contributed by atoms with Crippen LogP contribution in [0.4, 0.5) is 0 Å². The highest BCUT2D eigenvalue weighted by atomic mass is 15.2. The molecule has 3 atom stereocenters. The summed E-state index contributed by atoms with van der Waals surface area (Å²) < 4.78 is 0. The van der Waals surface area contributed by atoms with Crippen molar-refractivity contribution in [3.8, 4) is 0 Å². The molecule has 0 bridgehead atoms. The summed E-state index contributed by atoms with van der Waals surface area (Å²) >= 11 is 0. The maximum atomic E-state index is 3.77. The van der Waals surface area contributed by atoms with E-state index in [9.17, 15) is 0 Å². The summed E-state index contributed by atoms with van der Waals surface area (Å²) in [7, 11) is 2.40. The normalized spacial score (nSPS) is 32.7. The molecule has 2 fully saturated rings. The third-order valence-electron chi connectivity index (χ3n) is 6.07. The summed E-state index contributed by atoms with van der Waals surface area (Å²) in [5, 5.41) is 3.77. The minimum absolute atomic E-state index is 0.715. The number of nitrogens with zero attached hydrogens (tertiary/aromatic N) is 2. The van der Waals surface area contributed by atoms with E-state index in [2.05, 4.69) is 42.9 Å². The molecule has 3 unspecified atom stereocenters. The molecule has 21 heavy (non-hydrogen) atoms. The van der Waals surface area contributed by atoms with E-state index in [1.165, 1.54) is 58.2 Å². The second-order valence-electron chi connectivity index (χ2n) is 7.15. The van der Waals surface area contributed by atoms with Crippen molar-refractivity contribution in [3.05, 3.63) is 0 Å². The first-order chi connectivity index (χ1) is 10.2. The predicted molar refractivity (Wildman–Crippen MR) is 91.8 cm³/mol. The number of likely N-dealkylation sites (tertiary alicyclic amines) is 1. The number of rotatable bonds is 6. The van der Waals surface area contributed by atoms with Crippen LogP contribution in [0.15, 0.2) is 0 Å². The number of nitrogens with one attached hydrogen (secondary N) is 1. The Kier molecular flexibility index (Phi) is 6.97. The van der Waals surface area contributed by atoms with Crippen LogP contribution < -0.4 is 5.32 Å². The Morgan fingerprint density at radius 2 is 1.76 bits per heavy atom. The van der Waals surface area contributed by atoms with Gasteiger partial charge in [0.15, 0.2) is 0 Å². The van der Waals surface area contributed by atoms with Crippen LogP contribution >= 0.6 is 0 Å². The first-order valence-electron chi connectivity index (χ1n) is 9.37. The molecule has 0 aromatic carbocycles. The highest BCUT2D eigenvalue weighted by Crippen LogP contribution is 2.32. The minimum Gasteiger partial charge on any atom is -0.313 e. The molecule has 0 spiro atoms. The lowest BCUT2D eigenvalue weighted by atomic mass is 9.79. The van der Waals surface area contributed by atoms with Gasteiger partial charge in [-0.05, 0) is 71.2 Å². The number of hydrogen-bond acceptors (Lipinski definition) is 3. The van der Waals surface area contributed by atoms with Crippen molar-refractivity contribution >= 4 is 0 Å². The fourth-order valence-electron chi connectivity index (χ4n) is 4.47. The standard InChI is InChI=1S/C18H37N3/c1-5-15-8-9-17(19-6-2)18(14-15)20(4)16-10-12-21(7-3)13-11-16/h15-19H,5-14H2,1-4H3. The smallest absolute Gasteiger partial charge is 0.0251 e. The highest BCUT2D eigenvalue weighted by Gasteiger charge is 2.35. The second kappa shape index (κ2) is 8.50. The van der Waals surface area contributed by atoms with Gasteiger partial charge in [0.25, 0.3) is 0 Å². The van der Waals surface area contributed by atoms with Gasteiger partial charge in [-0.15, -0.1) is 0 Å². The van der Waals surface area contributed by atoms with Crippen molar-refractivity contribution in [3.63, 3.8) is 0 Å². The van der Waals surface area contributed by atoms with E-state index in [0.717, 1.165) is 24.5 Å². The molecule has 1 aliphatic heterocycles. The molecular weight excluding hydrogens is 258 g/mol. The van der Waals surface area contributed by atoms with Crippen LogP contribution in [-0.2, 0) is 0 Å². The van der Waals surface area contributed by atoms with Gasteiger partial charge in [-0.3, -0.25) is 4.90 Å². The molecule has 0 radical (unpaired) electrons. The van der Waals surface area contributed by atoms with Gasteiger partial charge < -0.3 is 10.2 Å². The molecule has 1 saturated carbocycles. The molecule has 2 aliphatic rings. The molecule has 0 amide bonds. The number of likely N-dealkylation sites (N-methyl/N-ethyl adjacent to an activating group) is 2. The Bertz CT molecular complexity index is 286. The van der Waals surface area contributed by atoms with Gasteiger partial charge in [0, 0.05) is 18.1 Å². The van der Waals surface area contributed by atoms with Crippen molar-refractivity contribution in [2.24, 2.45) is 5.92 Å². The summed E-state index contributed by atoms with van der Waals surface area (Å²) in [6.07, 6.45) is 8.27. The van der Waals surface area contributed by atoms with Crippen LogP contribution in [0.5, 0.6) is 0 Å². The quantitative estimate of drug-likeness (QED) is 0.813. The van der Waals surface area contributed by atoms with E-state index < -0.39 is 0 Å². The average molecular weight is 296 g/mol. The zero-order valence-corrected chi connectivity index (χ0v) is 14.8. The van der Waals surface area contributed by atoms with E-state index in [0.29, 0.717) is 6.04 Å². The highest BCUT2D eigenvalue weighted by molar-refractivity contribution is 4.93.